The van der Waals surface area contributed by atoms with E-state index in [1.807, 2.05) is 0 Å². The first kappa shape index (κ1) is 12.7. The van der Waals surface area contributed by atoms with Crippen LogP contribution in [0, 0.1) is 5.92 Å². The van der Waals surface area contributed by atoms with Gasteiger partial charge in [0.2, 0.25) is 0 Å². The highest BCUT2D eigenvalue weighted by atomic mass is 32.1. The minimum Gasteiger partial charge on any atom is -0.378 e. The molecule has 15 heavy (non-hydrogen) atoms. The number of rotatable bonds is 5. The van der Waals surface area contributed by atoms with Gasteiger partial charge in [0.05, 0.1) is 6.10 Å². The second-order valence-corrected chi connectivity index (χ2v) is 4.41. The van der Waals surface area contributed by atoms with E-state index in [0.717, 1.165) is 44.1 Å². The summed E-state index contributed by atoms with van der Waals surface area (Å²) in [5.74, 6) is 0.622. The van der Waals surface area contributed by atoms with E-state index in [9.17, 15) is 0 Å². The monoisotopic (exact) mass is 230 g/mol. The van der Waals surface area contributed by atoms with Gasteiger partial charge in [-0.2, -0.15) is 0 Å². The van der Waals surface area contributed by atoms with Gasteiger partial charge >= 0.3 is 0 Å². The highest BCUT2D eigenvalue weighted by molar-refractivity contribution is 7.80. The largest absolute Gasteiger partial charge is 0.378 e. The van der Waals surface area contributed by atoms with Crippen LogP contribution in [0.3, 0.4) is 0 Å². The fourth-order valence-corrected chi connectivity index (χ4v) is 2.09. The number of hydrogen-bond donors (Lipinski definition) is 2. The van der Waals surface area contributed by atoms with Crippen molar-refractivity contribution in [1.82, 2.24) is 10.6 Å². The van der Waals surface area contributed by atoms with Gasteiger partial charge in [-0.3, -0.25) is 0 Å². The molecule has 1 aliphatic heterocycles. The van der Waals surface area contributed by atoms with Crippen molar-refractivity contribution in [3.8, 4) is 0 Å². The van der Waals surface area contributed by atoms with Crippen LogP contribution in [0.15, 0.2) is 0 Å². The molecule has 1 aliphatic rings. The Balaban J connectivity index is 2.15. The Morgan fingerprint density at radius 2 is 2.20 bits per heavy atom. The summed E-state index contributed by atoms with van der Waals surface area (Å²) in [6, 6.07) is 0. The fourth-order valence-electron chi connectivity index (χ4n) is 1.90. The van der Waals surface area contributed by atoms with Crippen LogP contribution in [0.4, 0.5) is 0 Å². The normalized spacial score (nSPS) is 25.2. The summed E-state index contributed by atoms with van der Waals surface area (Å²) in [4.78, 5) is 0. The molecule has 0 aromatic carbocycles. The van der Waals surface area contributed by atoms with Gasteiger partial charge in [0, 0.05) is 25.6 Å². The van der Waals surface area contributed by atoms with Crippen molar-refractivity contribution in [2.75, 3.05) is 19.7 Å². The third-order valence-electron chi connectivity index (χ3n) is 2.81. The lowest BCUT2D eigenvalue weighted by Gasteiger charge is -2.18. The van der Waals surface area contributed by atoms with Gasteiger partial charge < -0.3 is 15.4 Å². The zero-order valence-corrected chi connectivity index (χ0v) is 10.5. The Kier molecular flexibility index (Phi) is 5.95. The third-order valence-corrected chi connectivity index (χ3v) is 3.10. The predicted octanol–water partition coefficient (Wildman–Crippen LogP) is 1.68. The predicted molar refractivity (Wildman–Crippen MR) is 67.0 cm³/mol. The summed E-state index contributed by atoms with van der Waals surface area (Å²) in [6.07, 6.45) is 3.78. The van der Waals surface area contributed by atoms with E-state index in [1.165, 1.54) is 0 Å². The molecular formula is C11H22N2OS. The van der Waals surface area contributed by atoms with Crippen LogP contribution in [0.5, 0.6) is 0 Å². The molecule has 0 aromatic heterocycles. The Morgan fingerprint density at radius 3 is 2.87 bits per heavy atom. The summed E-state index contributed by atoms with van der Waals surface area (Å²) in [7, 11) is 0. The Bertz CT molecular complexity index is 199. The van der Waals surface area contributed by atoms with Crippen molar-refractivity contribution >= 4 is 17.3 Å². The van der Waals surface area contributed by atoms with Crippen LogP contribution < -0.4 is 10.6 Å². The molecule has 0 saturated carbocycles. The number of ether oxygens (including phenoxy) is 1. The number of hydrogen-bond acceptors (Lipinski definition) is 2. The van der Waals surface area contributed by atoms with Crippen molar-refractivity contribution < 1.29 is 4.74 Å². The molecule has 4 heteroatoms. The topological polar surface area (TPSA) is 33.3 Å². The number of thiocarbonyl (C=S) groups is 1. The lowest BCUT2D eigenvalue weighted by Crippen LogP contribution is -2.39. The fraction of sp³-hybridized carbons (Fsp3) is 0.909. The average Bonchev–Trinajstić information content (AvgIpc) is 2.70. The first-order valence-electron chi connectivity index (χ1n) is 5.91. The maximum atomic E-state index is 5.62. The van der Waals surface area contributed by atoms with Crippen LogP contribution in [-0.2, 0) is 4.74 Å². The van der Waals surface area contributed by atoms with Crippen LogP contribution in [0.25, 0.3) is 0 Å². The Morgan fingerprint density at radius 1 is 1.40 bits per heavy atom. The standard InChI is InChI=1S/C11H22N2OS/c1-3-6-12-11(15)13-8-9-5-7-14-10(9)4-2/h9-10H,3-8H2,1-2H3,(H2,12,13,15). The molecule has 1 rings (SSSR count). The highest BCUT2D eigenvalue weighted by Gasteiger charge is 2.26. The molecule has 3 nitrogen and oxygen atoms in total. The summed E-state index contributed by atoms with van der Waals surface area (Å²) >= 11 is 5.17. The maximum Gasteiger partial charge on any atom is 0.166 e. The van der Waals surface area contributed by atoms with E-state index < -0.39 is 0 Å². The van der Waals surface area contributed by atoms with Crippen molar-refractivity contribution in [2.45, 2.75) is 39.2 Å². The van der Waals surface area contributed by atoms with Gasteiger partial charge in [-0.15, -0.1) is 0 Å². The molecule has 0 bridgehead atoms. The van der Waals surface area contributed by atoms with Crippen LogP contribution in [-0.4, -0.2) is 30.9 Å². The first-order valence-corrected chi connectivity index (χ1v) is 6.32. The van der Waals surface area contributed by atoms with Crippen LogP contribution in [0.2, 0.25) is 0 Å². The molecule has 2 N–H and O–H groups in total. The zero-order chi connectivity index (χ0) is 11.1. The van der Waals surface area contributed by atoms with Crippen molar-refractivity contribution in [2.24, 2.45) is 5.92 Å². The smallest absolute Gasteiger partial charge is 0.166 e. The SMILES string of the molecule is CCCNC(=S)NCC1CCOC1CC. The van der Waals surface area contributed by atoms with E-state index in [4.69, 9.17) is 17.0 Å². The molecule has 2 unspecified atom stereocenters. The van der Waals surface area contributed by atoms with E-state index in [2.05, 4.69) is 24.5 Å². The highest BCUT2D eigenvalue weighted by Crippen LogP contribution is 2.22. The molecule has 0 spiro atoms. The third kappa shape index (κ3) is 4.34. The van der Waals surface area contributed by atoms with Crippen LogP contribution in [0.1, 0.15) is 33.1 Å². The van der Waals surface area contributed by atoms with E-state index in [0.29, 0.717) is 12.0 Å². The summed E-state index contributed by atoms with van der Waals surface area (Å²) in [6.45, 7) is 7.10. The molecule has 88 valence electrons. The zero-order valence-electron chi connectivity index (χ0n) is 9.71. The molecule has 2 atom stereocenters. The summed E-state index contributed by atoms with van der Waals surface area (Å²) < 4.78 is 5.62. The first-order chi connectivity index (χ1) is 7.27. The summed E-state index contributed by atoms with van der Waals surface area (Å²) in [5.41, 5.74) is 0. The Labute approximate surface area is 98.0 Å². The van der Waals surface area contributed by atoms with E-state index in [-0.39, 0.29) is 0 Å². The van der Waals surface area contributed by atoms with Gasteiger partial charge in [0.1, 0.15) is 0 Å². The van der Waals surface area contributed by atoms with Crippen LogP contribution >= 0.6 is 12.2 Å². The lowest BCUT2D eigenvalue weighted by atomic mass is 10.00. The van der Waals surface area contributed by atoms with Gasteiger partial charge in [-0.05, 0) is 31.5 Å². The lowest BCUT2D eigenvalue weighted by molar-refractivity contribution is 0.0883. The molecule has 0 aromatic rings. The maximum absolute atomic E-state index is 5.62. The molecule has 0 amide bonds. The van der Waals surface area contributed by atoms with Gasteiger partial charge in [-0.25, -0.2) is 0 Å². The van der Waals surface area contributed by atoms with E-state index >= 15 is 0 Å². The van der Waals surface area contributed by atoms with E-state index in [1.54, 1.807) is 0 Å². The molecule has 1 saturated heterocycles. The molecule has 1 fully saturated rings. The second kappa shape index (κ2) is 7.01. The van der Waals surface area contributed by atoms with Crippen molar-refractivity contribution in [1.29, 1.82) is 0 Å². The average molecular weight is 230 g/mol. The molecular weight excluding hydrogens is 208 g/mol. The van der Waals surface area contributed by atoms with Crippen molar-refractivity contribution in [3.63, 3.8) is 0 Å². The minimum absolute atomic E-state index is 0.423. The number of nitrogens with one attached hydrogen (secondary N) is 2. The van der Waals surface area contributed by atoms with Crippen molar-refractivity contribution in [3.05, 3.63) is 0 Å². The molecule has 1 heterocycles. The summed E-state index contributed by atoms with van der Waals surface area (Å²) in [5, 5.41) is 7.21. The quantitative estimate of drug-likeness (QED) is 0.704. The van der Waals surface area contributed by atoms with Gasteiger partial charge in [-0.1, -0.05) is 13.8 Å². The second-order valence-electron chi connectivity index (χ2n) is 4.00. The van der Waals surface area contributed by atoms with Gasteiger partial charge in [0.15, 0.2) is 5.11 Å². The van der Waals surface area contributed by atoms with Gasteiger partial charge in [0.25, 0.3) is 0 Å². The Hall–Kier alpha value is -0.350. The molecule has 0 aliphatic carbocycles. The minimum atomic E-state index is 0.423. The molecule has 0 radical (unpaired) electrons.